The maximum absolute atomic E-state index is 6.20. The topological polar surface area (TPSA) is 9.23 Å². The van der Waals surface area contributed by atoms with Crippen molar-refractivity contribution in [2.75, 3.05) is 19.1 Å². The minimum Gasteiger partial charge on any atom is -0.381 e. The lowest BCUT2D eigenvalue weighted by Gasteiger charge is -2.39. The van der Waals surface area contributed by atoms with Crippen LogP contribution in [0.15, 0.2) is 0 Å². The first kappa shape index (κ1) is 11.7. The highest BCUT2D eigenvalue weighted by Crippen LogP contribution is 2.41. The zero-order valence-corrected chi connectivity index (χ0v) is 10.4. The van der Waals surface area contributed by atoms with Crippen LogP contribution in [0.3, 0.4) is 0 Å². The van der Waals surface area contributed by atoms with Crippen molar-refractivity contribution in [1.82, 2.24) is 0 Å². The lowest BCUT2D eigenvalue weighted by molar-refractivity contribution is 0.0107. The fourth-order valence-electron chi connectivity index (χ4n) is 3.20. The summed E-state index contributed by atoms with van der Waals surface area (Å²) in [7, 11) is 0. The van der Waals surface area contributed by atoms with Gasteiger partial charge >= 0.3 is 0 Å². The van der Waals surface area contributed by atoms with E-state index in [1.54, 1.807) is 0 Å². The van der Waals surface area contributed by atoms with E-state index in [0.29, 0.717) is 5.41 Å². The van der Waals surface area contributed by atoms with Crippen LogP contribution in [0.1, 0.15) is 51.4 Å². The van der Waals surface area contributed by atoms with Gasteiger partial charge in [0.15, 0.2) is 0 Å². The molecule has 0 spiro atoms. The van der Waals surface area contributed by atoms with Crippen molar-refractivity contribution in [1.29, 1.82) is 0 Å². The number of hydrogen-bond donors (Lipinski definition) is 0. The Labute approximate surface area is 98.5 Å². The van der Waals surface area contributed by atoms with E-state index in [1.165, 1.54) is 51.4 Å². The molecule has 2 rings (SSSR count). The molecule has 15 heavy (non-hydrogen) atoms. The molecule has 1 heterocycles. The summed E-state index contributed by atoms with van der Waals surface area (Å²) in [5.74, 6) is 1.79. The standard InChI is InChI=1S/C13H23ClO/c14-11-13(6-8-15-9-7-13)10-12-4-2-1-3-5-12/h12H,1-11H2. The van der Waals surface area contributed by atoms with Gasteiger partial charge in [-0.2, -0.15) is 0 Å². The summed E-state index contributed by atoms with van der Waals surface area (Å²) in [4.78, 5) is 0. The lowest BCUT2D eigenvalue weighted by atomic mass is 9.71. The predicted molar refractivity (Wildman–Crippen MR) is 64.4 cm³/mol. The highest BCUT2D eigenvalue weighted by Gasteiger charge is 2.34. The second-order valence-electron chi connectivity index (χ2n) is 5.45. The molecule has 88 valence electrons. The zero-order chi connectivity index (χ0) is 10.6. The molecule has 2 heteroatoms. The third-order valence-corrected chi connectivity index (χ3v) is 4.85. The third kappa shape index (κ3) is 3.10. The molecule has 0 radical (unpaired) electrons. The van der Waals surface area contributed by atoms with Crippen molar-refractivity contribution in [3.63, 3.8) is 0 Å². The van der Waals surface area contributed by atoms with Gasteiger partial charge in [0.2, 0.25) is 0 Å². The summed E-state index contributed by atoms with van der Waals surface area (Å²) < 4.78 is 5.46. The zero-order valence-electron chi connectivity index (χ0n) is 9.64. The molecule has 0 N–H and O–H groups in total. The van der Waals surface area contributed by atoms with Crippen molar-refractivity contribution < 1.29 is 4.74 Å². The van der Waals surface area contributed by atoms with Gasteiger partial charge < -0.3 is 4.74 Å². The minimum absolute atomic E-state index is 0.418. The van der Waals surface area contributed by atoms with Crippen LogP contribution in [0.25, 0.3) is 0 Å². The molecular formula is C13H23ClO. The van der Waals surface area contributed by atoms with Gasteiger partial charge in [0.25, 0.3) is 0 Å². The van der Waals surface area contributed by atoms with Crippen LogP contribution < -0.4 is 0 Å². The summed E-state index contributed by atoms with van der Waals surface area (Å²) >= 11 is 6.20. The Morgan fingerprint density at radius 1 is 1.07 bits per heavy atom. The number of hydrogen-bond acceptors (Lipinski definition) is 1. The Bertz CT molecular complexity index is 181. The van der Waals surface area contributed by atoms with E-state index < -0.39 is 0 Å². The maximum Gasteiger partial charge on any atom is 0.0471 e. The molecule has 2 aliphatic rings. The maximum atomic E-state index is 6.20. The van der Waals surface area contributed by atoms with Crippen molar-refractivity contribution in [2.24, 2.45) is 11.3 Å². The fraction of sp³-hybridized carbons (Fsp3) is 1.00. The van der Waals surface area contributed by atoms with Crippen molar-refractivity contribution in [3.8, 4) is 0 Å². The first-order valence-electron chi connectivity index (χ1n) is 6.48. The van der Waals surface area contributed by atoms with Crippen LogP contribution in [0.2, 0.25) is 0 Å². The molecule has 0 unspecified atom stereocenters. The van der Waals surface area contributed by atoms with E-state index in [9.17, 15) is 0 Å². The summed E-state index contributed by atoms with van der Waals surface area (Å²) in [6.45, 7) is 1.86. The third-order valence-electron chi connectivity index (χ3n) is 4.28. The predicted octanol–water partition coefficient (Wildman–Crippen LogP) is 3.99. The molecule has 1 aliphatic carbocycles. The molecule has 0 atom stereocenters. The SMILES string of the molecule is ClCC1(CC2CCCCC2)CCOCC1. The second-order valence-corrected chi connectivity index (χ2v) is 5.72. The molecule has 0 aromatic carbocycles. The van der Waals surface area contributed by atoms with Gasteiger partial charge in [-0.1, -0.05) is 32.1 Å². The Hall–Kier alpha value is 0.250. The van der Waals surface area contributed by atoms with Gasteiger partial charge in [0.05, 0.1) is 0 Å². The first-order valence-corrected chi connectivity index (χ1v) is 7.02. The highest BCUT2D eigenvalue weighted by molar-refractivity contribution is 6.18. The number of ether oxygens (including phenoxy) is 1. The van der Waals surface area contributed by atoms with Crippen molar-refractivity contribution >= 4 is 11.6 Å². The smallest absolute Gasteiger partial charge is 0.0471 e. The average Bonchev–Trinajstić information content (AvgIpc) is 2.32. The normalized spacial score (nSPS) is 27.8. The molecule has 0 aromatic heterocycles. The molecule has 1 aliphatic heterocycles. The van der Waals surface area contributed by atoms with Gasteiger partial charge in [-0.05, 0) is 30.6 Å². The van der Waals surface area contributed by atoms with E-state index in [4.69, 9.17) is 16.3 Å². The van der Waals surface area contributed by atoms with Gasteiger partial charge in [0.1, 0.15) is 0 Å². The van der Waals surface area contributed by atoms with Crippen LogP contribution in [-0.4, -0.2) is 19.1 Å². The van der Waals surface area contributed by atoms with Crippen LogP contribution >= 0.6 is 11.6 Å². The van der Waals surface area contributed by atoms with Crippen molar-refractivity contribution in [3.05, 3.63) is 0 Å². The Morgan fingerprint density at radius 3 is 2.33 bits per heavy atom. The van der Waals surface area contributed by atoms with Crippen LogP contribution in [0.4, 0.5) is 0 Å². The highest BCUT2D eigenvalue weighted by atomic mass is 35.5. The van der Waals surface area contributed by atoms with Gasteiger partial charge in [-0.3, -0.25) is 0 Å². The van der Waals surface area contributed by atoms with E-state index in [-0.39, 0.29) is 0 Å². The Kier molecular flexibility index (Phi) is 4.33. The molecule has 1 saturated carbocycles. The first-order chi connectivity index (χ1) is 7.35. The van der Waals surface area contributed by atoms with E-state index in [0.717, 1.165) is 25.0 Å². The Balaban J connectivity index is 1.87. The second kappa shape index (κ2) is 5.54. The number of rotatable bonds is 3. The Morgan fingerprint density at radius 2 is 1.73 bits per heavy atom. The summed E-state index contributed by atoms with van der Waals surface area (Å²) in [5, 5.41) is 0. The molecule has 2 fully saturated rings. The minimum atomic E-state index is 0.418. The summed E-state index contributed by atoms with van der Waals surface area (Å²) in [6.07, 6.45) is 11.0. The monoisotopic (exact) mass is 230 g/mol. The fourth-order valence-corrected chi connectivity index (χ4v) is 3.58. The molecule has 0 bridgehead atoms. The number of halogens is 1. The van der Waals surface area contributed by atoms with Crippen LogP contribution in [-0.2, 0) is 4.74 Å². The number of alkyl halides is 1. The molecule has 0 aromatic rings. The van der Waals surface area contributed by atoms with Crippen LogP contribution in [0, 0.1) is 11.3 Å². The lowest BCUT2D eigenvalue weighted by Crippen LogP contribution is -2.33. The molecule has 0 amide bonds. The van der Waals surface area contributed by atoms with Gasteiger partial charge in [0, 0.05) is 19.1 Å². The van der Waals surface area contributed by atoms with E-state index in [2.05, 4.69) is 0 Å². The van der Waals surface area contributed by atoms with E-state index >= 15 is 0 Å². The van der Waals surface area contributed by atoms with Crippen LogP contribution in [0.5, 0.6) is 0 Å². The average molecular weight is 231 g/mol. The summed E-state index contributed by atoms with van der Waals surface area (Å²) in [5.41, 5.74) is 0.418. The molecular weight excluding hydrogens is 208 g/mol. The summed E-state index contributed by atoms with van der Waals surface area (Å²) in [6, 6.07) is 0. The quantitative estimate of drug-likeness (QED) is 0.667. The molecule has 1 saturated heterocycles. The largest absolute Gasteiger partial charge is 0.381 e. The van der Waals surface area contributed by atoms with E-state index in [1.807, 2.05) is 0 Å². The van der Waals surface area contributed by atoms with Gasteiger partial charge in [-0.25, -0.2) is 0 Å². The van der Waals surface area contributed by atoms with Crippen molar-refractivity contribution in [2.45, 2.75) is 51.4 Å². The van der Waals surface area contributed by atoms with Gasteiger partial charge in [-0.15, -0.1) is 11.6 Å². The molecule has 1 nitrogen and oxygen atoms in total.